The highest BCUT2D eigenvalue weighted by Crippen LogP contribution is 2.45. The topological polar surface area (TPSA) is 37.4 Å². The monoisotopic (exact) mass is 311 g/mol. The van der Waals surface area contributed by atoms with E-state index in [0.717, 1.165) is 11.1 Å². The average molecular weight is 312 g/mol. The van der Waals surface area contributed by atoms with Crippen LogP contribution in [0, 0.1) is 6.92 Å². The molecule has 0 bridgehead atoms. The van der Waals surface area contributed by atoms with Crippen LogP contribution in [-0.4, -0.2) is 17.2 Å². The van der Waals surface area contributed by atoms with Gasteiger partial charge in [0.05, 0.1) is 5.69 Å². The zero-order valence-electron chi connectivity index (χ0n) is 12.3. The molecule has 0 saturated heterocycles. The molecular formula is C18H14ClNO2. The standard InChI is InChI=1S/C18H14ClNO2/c1-10-3-6-15-14(7-10)16(21)18(2)9-11-4-5-12(19)8-13(11)17(22)20(15)18/h3-8H,9H2,1-2H3. The molecule has 2 aromatic rings. The predicted molar refractivity (Wildman–Crippen MR) is 85.9 cm³/mol. The van der Waals surface area contributed by atoms with Gasteiger partial charge >= 0.3 is 0 Å². The molecule has 0 spiro atoms. The summed E-state index contributed by atoms with van der Waals surface area (Å²) in [7, 11) is 0. The molecule has 4 heteroatoms. The number of carbonyl (C=O) groups excluding carboxylic acids is 2. The van der Waals surface area contributed by atoms with Gasteiger partial charge in [-0.2, -0.15) is 0 Å². The molecule has 0 radical (unpaired) electrons. The van der Waals surface area contributed by atoms with E-state index in [1.807, 2.05) is 38.1 Å². The van der Waals surface area contributed by atoms with Gasteiger partial charge in [-0.1, -0.05) is 29.3 Å². The summed E-state index contributed by atoms with van der Waals surface area (Å²) in [5.41, 5.74) is 2.98. The number of carbonyl (C=O) groups is 2. The lowest BCUT2D eigenvalue weighted by molar-refractivity contribution is 0.0842. The molecule has 2 aliphatic rings. The second-order valence-electron chi connectivity index (χ2n) is 6.24. The third-order valence-corrected chi connectivity index (χ3v) is 4.90. The Kier molecular flexibility index (Phi) is 2.58. The normalized spacial score (nSPS) is 22.4. The van der Waals surface area contributed by atoms with Crippen molar-refractivity contribution in [3.8, 4) is 0 Å². The SMILES string of the molecule is Cc1ccc2c(c1)C(=O)C1(C)Cc3ccc(Cl)cc3C(=O)N21. The number of amides is 1. The van der Waals surface area contributed by atoms with Crippen molar-refractivity contribution in [1.29, 1.82) is 0 Å². The highest BCUT2D eigenvalue weighted by atomic mass is 35.5. The maximum Gasteiger partial charge on any atom is 0.259 e. The number of fused-ring (bicyclic) bond motifs is 4. The fourth-order valence-corrected chi connectivity index (χ4v) is 3.74. The zero-order chi connectivity index (χ0) is 15.6. The molecule has 1 unspecified atom stereocenters. The summed E-state index contributed by atoms with van der Waals surface area (Å²) in [6, 6.07) is 11.0. The van der Waals surface area contributed by atoms with Crippen molar-refractivity contribution in [2.45, 2.75) is 25.8 Å². The van der Waals surface area contributed by atoms with Crippen molar-refractivity contribution in [2.24, 2.45) is 0 Å². The van der Waals surface area contributed by atoms with E-state index in [0.29, 0.717) is 28.3 Å². The number of anilines is 1. The van der Waals surface area contributed by atoms with Gasteiger partial charge in [0.25, 0.3) is 5.91 Å². The minimum absolute atomic E-state index is 0.0140. The maximum atomic E-state index is 13.0. The van der Waals surface area contributed by atoms with Crippen LogP contribution in [0.4, 0.5) is 5.69 Å². The van der Waals surface area contributed by atoms with Crippen LogP contribution in [0.5, 0.6) is 0 Å². The first-order valence-electron chi connectivity index (χ1n) is 7.20. The Morgan fingerprint density at radius 3 is 2.64 bits per heavy atom. The van der Waals surface area contributed by atoms with Crippen LogP contribution in [0.3, 0.4) is 0 Å². The largest absolute Gasteiger partial charge is 0.294 e. The van der Waals surface area contributed by atoms with E-state index in [1.165, 1.54) is 0 Å². The molecule has 0 saturated carbocycles. The van der Waals surface area contributed by atoms with Crippen LogP contribution in [0.15, 0.2) is 36.4 Å². The van der Waals surface area contributed by atoms with Gasteiger partial charge in [0.2, 0.25) is 0 Å². The number of aryl methyl sites for hydroxylation is 1. The summed E-state index contributed by atoms with van der Waals surface area (Å²) in [5, 5.41) is 0.533. The Hall–Kier alpha value is -2.13. The van der Waals surface area contributed by atoms with E-state index >= 15 is 0 Å². The van der Waals surface area contributed by atoms with Crippen molar-refractivity contribution in [3.05, 3.63) is 63.7 Å². The van der Waals surface area contributed by atoms with Gasteiger partial charge in [-0.05, 0) is 43.7 Å². The lowest BCUT2D eigenvalue weighted by atomic mass is 9.82. The molecule has 4 rings (SSSR count). The quantitative estimate of drug-likeness (QED) is 0.742. The summed E-state index contributed by atoms with van der Waals surface area (Å²) in [6.45, 7) is 3.80. The Morgan fingerprint density at radius 2 is 1.86 bits per heavy atom. The number of nitrogens with zero attached hydrogens (tertiary/aromatic N) is 1. The Balaban J connectivity index is 1.97. The van der Waals surface area contributed by atoms with E-state index in [2.05, 4.69) is 0 Å². The molecule has 3 nitrogen and oxygen atoms in total. The van der Waals surface area contributed by atoms with Crippen molar-refractivity contribution in [2.75, 3.05) is 4.90 Å². The summed E-state index contributed by atoms with van der Waals surface area (Å²) < 4.78 is 0. The molecule has 0 aliphatic carbocycles. The number of halogens is 1. The molecule has 22 heavy (non-hydrogen) atoms. The summed E-state index contributed by atoms with van der Waals surface area (Å²) >= 11 is 6.03. The van der Waals surface area contributed by atoms with Gasteiger partial charge in [-0.25, -0.2) is 0 Å². The number of hydrogen-bond acceptors (Lipinski definition) is 2. The fourth-order valence-electron chi connectivity index (χ4n) is 3.57. The molecule has 0 aromatic heterocycles. The van der Waals surface area contributed by atoms with Crippen LogP contribution in [0.25, 0.3) is 0 Å². The van der Waals surface area contributed by atoms with E-state index in [9.17, 15) is 9.59 Å². The number of hydrogen-bond donors (Lipinski definition) is 0. The first-order valence-corrected chi connectivity index (χ1v) is 7.58. The van der Waals surface area contributed by atoms with Crippen LogP contribution >= 0.6 is 11.6 Å². The smallest absolute Gasteiger partial charge is 0.259 e. The lowest BCUT2D eigenvalue weighted by Gasteiger charge is -2.39. The first kappa shape index (κ1) is 13.5. The third kappa shape index (κ3) is 1.57. The van der Waals surface area contributed by atoms with Gasteiger partial charge < -0.3 is 0 Å². The van der Waals surface area contributed by atoms with Crippen molar-refractivity contribution < 1.29 is 9.59 Å². The van der Waals surface area contributed by atoms with E-state index in [1.54, 1.807) is 17.0 Å². The molecule has 1 atom stereocenters. The molecule has 110 valence electrons. The van der Waals surface area contributed by atoms with Gasteiger partial charge in [0.15, 0.2) is 5.78 Å². The average Bonchev–Trinajstić information content (AvgIpc) is 2.69. The Bertz CT molecular complexity index is 858. The minimum Gasteiger partial charge on any atom is -0.294 e. The maximum absolute atomic E-state index is 13.0. The Morgan fingerprint density at radius 1 is 1.09 bits per heavy atom. The van der Waals surface area contributed by atoms with Crippen LogP contribution < -0.4 is 4.90 Å². The van der Waals surface area contributed by atoms with Crippen LogP contribution in [-0.2, 0) is 6.42 Å². The summed E-state index contributed by atoms with van der Waals surface area (Å²) in [5.74, 6) is -0.137. The van der Waals surface area contributed by atoms with Gasteiger partial charge in [-0.15, -0.1) is 0 Å². The second kappa shape index (κ2) is 4.20. The number of rotatable bonds is 0. The minimum atomic E-state index is -0.839. The molecule has 2 aliphatic heterocycles. The fraction of sp³-hybridized carbons (Fsp3) is 0.222. The number of ketones is 1. The van der Waals surface area contributed by atoms with Crippen molar-refractivity contribution in [3.63, 3.8) is 0 Å². The van der Waals surface area contributed by atoms with Crippen molar-refractivity contribution >= 4 is 29.0 Å². The summed E-state index contributed by atoms with van der Waals surface area (Å²) in [4.78, 5) is 27.5. The van der Waals surface area contributed by atoms with Gasteiger partial charge in [0, 0.05) is 22.6 Å². The molecule has 2 aromatic carbocycles. The molecule has 2 heterocycles. The highest BCUT2D eigenvalue weighted by Gasteiger charge is 2.53. The number of Topliss-reactive ketones (excluding diaryl/α,β-unsaturated/α-hetero) is 1. The summed E-state index contributed by atoms with van der Waals surface area (Å²) in [6.07, 6.45) is 0.512. The van der Waals surface area contributed by atoms with E-state index in [4.69, 9.17) is 11.6 Å². The van der Waals surface area contributed by atoms with Crippen LogP contribution in [0.2, 0.25) is 5.02 Å². The van der Waals surface area contributed by atoms with Gasteiger partial charge in [0.1, 0.15) is 5.54 Å². The van der Waals surface area contributed by atoms with Crippen molar-refractivity contribution in [1.82, 2.24) is 0 Å². The molecular weight excluding hydrogens is 298 g/mol. The molecule has 0 N–H and O–H groups in total. The van der Waals surface area contributed by atoms with Gasteiger partial charge in [-0.3, -0.25) is 14.5 Å². The number of benzene rings is 2. The molecule has 0 fully saturated rings. The molecule has 1 amide bonds. The van der Waals surface area contributed by atoms with E-state index < -0.39 is 5.54 Å². The Labute approximate surface area is 133 Å². The third-order valence-electron chi connectivity index (χ3n) is 4.66. The predicted octanol–water partition coefficient (Wildman–Crippen LogP) is 3.81. The second-order valence-corrected chi connectivity index (χ2v) is 6.68. The zero-order valence-corrected chi connectivity index (χ0v) is 13.1. The lowest BCUT2D eigenvalue weighted by Crippen LogP contribution is -2.55. The highest BCUT2D eigenvalue weighted by molar-refractivity contribution is 6.31. The first-order chi connectivity index (χ1) is 10.4. The van der Waals surface area contributed by atoms with E-state index in [-0.39, 0.29) is 11.7 Å². The van der Waals surface area contributed by atoms with Crippen LogP contribution in [0.1, 0.15) is 38.8 Å².